The Kier molecular flexibility index (Phi) is 4.74. The maximum atomic E-state index is 12.6. The molecule has 4 atom stereocenters. The summed E-state index contributed by atoms with van der Waals surface area (Å²) in [5.74, 6) is 1.50. The van der Waals surface area contributed by atoms with E-state index in [1.54, 1.807) is 0 Å². The fourth-order valence-electron chi connectivity index (χ4n) is 4.66. The third kappa shape index (κ3) is 3.31. The van der Waals surface area contributed by atoms with Crippen molar-refractivity contribution in [1.82, 2.24) is 10.2 Å². The van der Waals surface area contributed by atoms with Crippen LogP contribution in [0.4, 0.5) is 0 Å². The van der Waals surface area contributed by atoms with Crippen LogP contribution in [0, 0.1) is 17.8 Å². The summed E-state index contributed by atoms with van der Waals surface area (Å²) in [7, 11) is 0. The molecule has 0 aromatic heterocycles. The molecular weight excluding hydrogens is 276 g/mol. The van der Waals surface area contributed by atoms with Gasteiger partial charge in [0.25, 0.3) is 0 Å². The first-order chi connectivity index (χ1) is 10.5. The fourth-order valence-corrected chi connectivity index (χ4v) is 4.66. The SMILES string of the molecule is C[C@@H]1CC[C@H](NC(=O)[C@@H]2CC(=O)N(C3CCCC3)C2)[C@@H](C)C1. The fraction of sp³-hybridized carbons (Fsp3) is 0.889. The molecule has 1 saturated heterocycles. The number of rotatable bonds is 3. The van der Waals surface area contributed by atoms with Crippen molar-refractivity contribution in [2.45, 2.75) is 77.3 Å². The summed E-state index contributed by atoms with van der Waals surface area (Å²) in [6.45, 7) is 5.18. The Balaban J connectivity index is 1.53. The average molecular weight is 306 g/mol. The lowest BCUT2D eigenvalue weighted by Crippen LogP contribution is -2.45. The van der Waals surface area contributed by atoms with Crippen molar-refractivity contribution in [2.24, 2.45) is 17.8 Å². The van der Waals surface area contributed by atoms with Crippen LogP contribution in [0.25, 0.3) is 0 Å². The van der Waals surface area contributed by atoms with E-state index in [0.29, 0.717) is 31.0 Å². The molecule has 0 aromatic carbocycles. The van der Waals surface area contributed by atoms with Crippen molar-refractivity contribution in [3.05, 3.63) is 0 Å². The topological polar surface area (TPSA) is 49.4 Å². The normalized spacial score (nSPS) is 36.8. The first-order valence-electron chi connectivity index (χ1n) is 9.14. The molecule has 1 N–H and O–H groups in total. The summed E-state index contributed by atoms with van der Waals surface area (Å²) < 4.78 is 0. The van der Waals surface area contributed by atoms with Crippen LogP contribution in [-0.4, -0.2) is 35.3 Å². The summed E-state index contributed by atoms with van der Waals surface area (Å²) in [5.41, 5.74) is 0. The highest BCUT2D eigenvalue weighted by atomic mass is 16.2. The van der Waals surface area contributed by atoms with E-state index in [1.807, 2.05) is 4.90 Å². The predicted molar refractivity (Wildman–Crippen MR) is 86.2 cm³/mol. The smallest absolute Gasteiger partial charge is 0.225 e. The van der Waals surface area contributed by atoms with E-state index in [2.05, 4.69) is 19.2 Å². The largest absolute Gasteiger partial charge is 0.353 e. The molecule has 1 aliphatic heterocycles. The molecule has 0 spiro atoms. The molecule has 0 unspecified atom stereocenters. The third-order valence-corrected chi connectivity index (χ3v) is 6.05. The molecule has 3 rings (SSSR count). The van der Waals surface area contributed by atoms with Gasteiger partial charge in [-0.25, -0.2) is 0 Å². The molecule has 2 aliphatic carbocycles. The lowest BCUT2D eigenvalue weighted by Gasteiger charge is -2.33. The van der Waals surface area contributed by atoms with E-state index in [-0.39, 0.29) is 17.7 Å². The van der Waals surface area contributed by atoms with Gasteiger partial charge in [-0.05, 0) is 43.9 Å². The second kappa shape index (κ2) is 6.59. The first kappa shape index (κ1) is 15.8. The van der Waals surface area contributed by atoms with Gasteiger partial charge < -0.3 is 10.2 Å². The summed E-state index contributed by atoms with van der Waals surface area (Å²) >= 11 is 0. The van der Waals surface area contributed by atoms with E-state index in [0.717, 1.165) is 25.2 Å². The highest BCUT2D eigenvalue weighted by Gasteiger charge is 2.39. The van der Waals surface area contributed by atoms with E-state index in [9.17, 15) is 9.59 Å². The van der Waals surface area contributed by atoms with Crippen molar-refractivity contribution < 1.29 is 9.59 Å². The number of carbonyl (C=O) groups excluding carboxylic acids is 2. The zero-order chi connectivity index (χ0) is 15.7. The number of likely N-dealkylation sites (tertiary alicyclic amines) is 1. The van der Waals surface area contributed by atoms with Gasteiger partial charge in [0, 0.05) is 25.0 Å². The lowest BCUT2D eigenvalue weighted by atomic mass is 9.79. The predicted octanol–water partition coefficient (Wildman–Crippen LogP) is 2.72. The minimum atomic E-state index is -0.125. The van der Waals surface area contributed by atoms with Crippen LogP contribution in [0.5, 0.6) is 0 Å². The molecule has 0 aromatic rings. The van der Waals surface area contributed by atoms with Gasteiger partial charge in [-0.2, -0.15) is 0 Å². The lowest BCUT2D eigenvalue weighted by molar-refractivity contribution is -0.130. The third-order valence-electron chi connectivity index (χ3n) is 6.05. The number of hydrogen-bond acceptors (Lipinski definition) is 2. The zero-order valence-electron chi connectivity index (χ0n) is 14.0. The van der Waals surface area contributed by atoms with Crippen LogP contribution in [-0.2, 0) is 9.59 Å². The van der Waals surface area contributed by atoms with Gasteiger partial charge in [-0.3, -0.25) is 9.59 Å². The maximum Gasteiger partial charge on any atom is 0.225 e. The number of nitrogens with zero attached hydrogens (tertiary/aromatic N) is 1. The summed E-state index contributed by atoms with van der Waals surface area (Å²) in [6, 6.07) is 0.707. The minimum Gasteiger partial charge on any atom is -0.353 e. The Bertz CT molecular complexity index is 431. The van der Waals surface area contributed by atoms with Gasteiger partial charge in [0.2, 0.25) is 11.8 Å². The Morgan fingerprint density at radius 3 is 2.55 bits per heavy atom. The molecule has 4 heteroatoms. The average Bonchev–Trinajstić information content (AvgIpc) is 3.10. The van der Waals surface area contributed by atoms with Gasteiger partial charge in [0.15, 0.2) is 0 Å². The molecule has 3 fully saturated rings. The summed E-state index contributed by atoms with van der Waals surface area (Å²) in [6.07, 6.45) is 8.60. The molecule has 0 bridgehead atoms. The van der Waals surface area contributed by atoms with Gasteiger partial charge in [0.05, 0.1) is 5.92 Å². The van der Waals surface area contributed by atoms with Crippen LogP contribution < -0.4 is 5.32 Å². The maximum absolute atomic E-state index is 12.6. The molecule has 4 nitrogen and oxygen atoms in total. The van der Waals surface area contributed by atoms with E-state index < -0.39 is 0 Å². The standard InChI is InChI=1S/C18H30N2O2/c1-12-7-8-16(13(2)9-12)19-18(22)14-10-17(21)20(11-14)15-5-3-4-6-15/h12-16H,3-11H2,1-2H3,(H,19,22)/t12-,13+,14-,16+/m1/s1. The van der Waals surface area contributed by atoms with Crippen molar-refractivity contribution in [1.29, 1.82) is 0 Å². The van der Waals surface area contributed by atoms with Crippen LogP contribution in [0.15, 0.2) is 0 Å². The molecule has 2 amide bonds. The van der Waals surface area contributed by atoms with Crippen molar-refractivity contribution in [3.63, 3.8) is 0 Å². The van der Waals surface area contributed by atoms with E-state index in [4.69, 9.17) is 0 Å². The molecule has 3 aliphatic rings. The van der Waals surface area contributed by atoms with Crippen molar-refractivity contribution in [3.8, 4) is 0 Å². The van der Waals surface area contributed by atoms with E-state index >= 15 is 0 Å². The van der Waals surface area contributed by atoms with Crippen molar-refractivity contribution >= 4 is 11.8 Å². The van der Waals surface area contributed by atoms with E-state index in [1.165, 1.54) is 25.7 Å². The number of carbonyl (C=O) groups is 2. The van der Waals surface area contributed by atoms with Crippen molar-refractivity contribution in [2.75, 3.05) is 6.54 Å². The summed E-state index contributed by atoms with van der Waals surface area (Å²) in [5, 5.41) is 3.24. The van der Waals surface area contributed by atoms with Gasteiger partial charge in [-0.1, -0.05) is 26.7 Å². The Hall–Kier alpha value is -1.06. The molecule has 22 heavy (non-hydrogen) atoms. The number of amides is 2. The zero-order valence-corrected chi connectivity index (χ0v) is 14.0. The van der Waals surface area contributed by atoms with Crippen LogP contribution in [0.3, 0.4) is 0 Å². The van der Waals surface area contributed by atoms with Gasteiger partial charge in [-0.15, -0.1) is 0 Å². The molecule has 0 radical (unpaired) electrons. The van der Waals surface area contributed by atoms with Gasteiger partial charge >= 0.3 is 0 Å². The highest BCUT2D eigenvalue weighted by Crippen LogP contribution is 2.31. The minimum absolute atomic E-state index is 0.111. The Morgan fingerprint density at radius 1 is 1.14 bits per heavy atom. The van der Waals surface area contributed by atoms with Crippen LogP contribution >= 0.6 is 0 Å². The second-order valence-electron chi connectivity index (χ2n) is 7.90. The second-order valence-corrected chi connectivity index (χ2v) is 7.90. The molecular formula is C18H30N2O2. The quantitative estimate of drug-likeness (QED) is 0.871. The number of nitrogens with one attached hydrogen (secondary N) is 1. The highest BCUT2D eigenvalue weighted by molar-refractivity contribution is 5.89. The van der Waals surface area contributed by atoms with Crippen LogP contribution in [0.2, 0.25) is 0 Å². The molecule has 1 heterocycles. The first-order valence-corrected chi connectivity index (χ1v) is 9.14. The summed E-state index contributed by atoms with van der Waals surface area (Å²) in [4.78, 5) is 26.8. The number of hydrogen-bond donors (Lipinski definition) is 1. The Morgan fingerprint density at radius 2 is 1.86 bits per heavy atom. The van der Waals surface area contributed by atoms with Crippen LogP contribution in [0.1, 0.15) is 65.2 Å². The Labute approximate surface area is 134 Å². The molecule has 124 valence electrons. The van der Waals surface area contributed by atoms with Gasteiger partial charge in [0.1, 0.15) is 0 Å². The molecule has 2 saturated carbocycles. The monoisotopic (exact) mass is 306 g/mol.